The summed E-state index contributed by atoms with van der Waals surface area (Å²) in [6.45, 7) is 0. The molecule has 0 radical (unpaired) electrons. The third-order valence-corrected chi connectivity index (χ3v) is 1.08. The van der Waals surface area contributed by atoms with Gasteiger partial charge in [-0.15, -0.1) is 5.75 Å². The fourth-order valence-corrected chi connectivity index (χ4v) is 0.629. The van der Waals surface area contributed by atoms with Crippen LogP contribution >= 0.6 is 0 Å². The van der Waals surface area contributed by atoms with E-state index in [1.807, 2.05) is 0 Å². The summed E-state index contributed by atoms with van der Waals surface area (Å²) >= 11 is 0. The third-order valence-electron chi connectivity index (χ3n) is 1.08. The van der Waals surface area contributed by atoms with Crippen LogP contribution in [0.2, 0.25) is 0 Å². The summed E-state index contributed by atoms with van der Waals surface area (Å²) in [5.74, 6) is -1.35. The molecule has 0 aliphatic carbocycles. The van der Waals surface area contributed by atoms with E-state index in [9.17, 15) is 9.90 Å². The number of rotatable bonds is 1. The molecule has 0 aliphatic heterocycles. The number of hydrogen-bond acceptors (Lipinski definition) is 2. The zero-order valence-electron chi connectivity index (χ0n) is 5.37. The molecule has 1 rings (SSSR count). The van der Waals surface area contributed by atoms with Crippen LogP contribution in [0.4, 0.5) is 0 Å². The number of carboxylic acids is 1. The van der Waals surface area contributed by atoms with Crippen molar-refractivity contribution in [1.29, 1.82) is 0 Å². The molecule has 0 aliphatic rings. The Bertz CT molecular complexity index is 260. The van der Waals surface area contributed by atoms with Gasteiger partial charge in [0.1, 0.15) is 0 Å². The first-order chi connectivity index (χ1) is 4.70. The summed E-state index contributed by atoms with van der Waals surface area (Å²) in [5, 5.41) is 18.9. The molecule has 0 heterocycles. The van der Waals surface area contributed by atoms with E-state index in [0.717, 1.165) is 6.07 Å². The van der Waals surface area contributed by atoms with Gasteiger partial charge in [0.2, 0.25) is 0 Å². The van der Waals surface area contributed by atoms with E-state index in [1.165, 1.54) is 18.2 Å². The Morgan fingerprint density at radius 1 is 1.45 bits per heavy atom. The van der Waals surface area contributed by atoms with Gasteiger partial charge in [-0.3, -0.25) is 0 Å². The standard InChI is InChI=1S/C7H6O3.Ag/c8-6-3-1-2-5(4-6)7(9)10;/h1-4,8H,(H,9,10);/q;+1/p-1. The molecule has 0 amide bonds. The summed E-state index contributed by atoms with van der Waals surface area (Å²) < 4.78 is 0. The molecular formula is C7H5AgO3. The van der Waals surface area contributed by atoms with E-state index in [-0.39, 0.29) is 33.7 Å². The summed E-state index contributed by atoms with van der Waals surface area (Å²) in [5.41, 5.74) is 0.0347. The SMILES string of the molecule is O=C(O)c1cccc([O-])c1.[Ag+]. The Labute approximate surface area is 79.2 Å². The van der Waals surface area contributed by atoms with Crippen LogP contribution in [0.5, 0.6) is 5.75 Å². The van der Waals surface area contributed by atoms with Gasteiger partial charge < -0.3 is 10.2 Å². The smallest absolute Gasteiger partial charge is 0.872 e. The van der Waals surface area contributed by atoms with Crippen molar-refractivity contribution in [1.82, 2.24) is 0 Å². The topological polar surface area (TPSA) is 60.4 Å². The number of aromatic carboxylic acids is 1. The number of hydrogen-bond donors (Lipinski definition) is 1. The zero-order valence-corrected chi connectivity index (χ0v) is 6.86. The Morgan fingerprint density at radius 3 is 2.45 bits per heavy atom. The molecule has 0 atom stereocenters. The minimum absolute atomic E-state index is 0. The predicted molar refractivity (Wildman–Crippen MR) is 32.8 cm³/mol. The predicted octanol–water partition coefficient (Wildman–Crippen LogP) is 0.456. The first-order valence-electron chi connectivity index (χ1n) is 2.70. The Hall–Kier alpha value is -0.770. The second kappa shape index (κ2) is 4.18. The van der Waals surface area contributed by atoms with Crippen LogP contribution in [0.3, 0.4) is 0 Å². The van der Waals surface area contributed by atoms with Crippen LogP contribution < -0.4 is 5.11 Å². The van der Waals surface area contributed by atoms with Crippen molar-refractivity contribution in [2.75, 3.05) is 0 Å². The average molecular weight is 245 g/mol. The maximum Gasteiger partial charge on any atom is 1.00 e. The van der Waals surface area contributed by atoms with E-state index in [0.29, 0.717) is 0 Å². The van der Waals surface area contributed by atoms with Crippen LogP contribution in [-0.4, -0.2) is 11.1 Å². The van der Waals surface area contributed by atoms with Gasteiger partial charge in [-0.05, 0) is 6.07 Å². The van der Waals surface area contributed by atoms with Gasteiger partial charge in [-0.2, -0.15) is 0 Å². The normalized spacial score (nSPS) is 8.36. The van der Waals surface area contributed by atoms with Crippen molar-refractivity contribution >= 4 is 5.97 Å². The number of carboxylic acid groups (broad SMARTS) is 1. The van der Waals surface area contributed by atoms with Crippen molar-refractivity contribution in [3.63, 3.8) is 0 Å². The van der Waals surface area contributed by atoms with Gasteiger partial charge in [-0.1, -0.05) is 18.2 Å². The summed E-state index contributed by atoms with van der Waals surface area (Å²) in [7, 11) is 0. The largest absolute Gasteiger partial charge is 1.00 e. The van der Waals surface area contributed by atoms with Gasteiger partial charge in [-0.25, -0.2) is 4.79 Å². The van der Waals surface area contributed by atoms with Crippen molar-refractivity contribution in [2.24, 2.45) is 0 Å². The molecule has 3 nitrogen and oxygen atoms in total. The minimum atomic E-state index is -1.07. The maximum absolute atomic E-state index is 10.5. The number of carbonyl (C=O) groups is 1. The second-order valence-electron chi connectivity index (χ2n) is 1.83. The van der Waals surface area contributed by atoms with Crippen LogP contribution in [0.1, 0.15) is 10.4 Å². The van der Waals surface area contributed by atoms with E-state index < -0.39 is 5.97 Å². The molecule has 62 valence electrons. The van der Waals surface area contributed by atoms with Crippen LogP contribution in [0.15, 0.2) is 24.3 Å². The molecule has 0 spiro atoms. The molecule has 0 aromatic heterocycles. The molecule has 1 N–H and O–H groups in total. The molecule has 4 heteroatoms. The van der Waals surface area contributed by atoms with Gasteiger partial charge in [0.25, 0.3) is 0 Å². The molecule has 11 heavy (non-hydrogen) atoms. The van der Waals surface area contributed by atoms with Crippen molar-refractivity contribution in [2.45, 2.75) is 0 Å². The monoisotopic (exact) mass is 244 g/mol. The van der Waals surface area contributed by atoms with Crippen molar-refractivity contribution in [3.8, 4) is 5.75 Å². The quantitative estimate of drug-likeness (QED) is 0.731. The molecular weight excluding hydrogens is 240 g/mol. The van der Waals surface area contributed by atoms with E-state index in [1.54, 1.807) is 0 Å². The van der Waals surface area contributed by atoms with Crippen LogP contribution in [-0.2, 0) is 22.4 Å². The van der Waals surface area contributed by atoms with E-state index >= 15 is 0 Å². The summed E-state index contributed by atoms with van der Waals surface area (Å²) in [6.07, 6.45) is 0. The van der Waals surface area contributed by atoms with E-state index in [4.69, 9.17) is 5.11 Å². The van der Waals surface area contributed by atoms with Crippen molar-refractivity contribution in [3.05, 3.63) is 29.8 Å². The Morgan fingerprint density at radius 2 is 2.09 bits per heavy atom. The van der Waals surface area contributed by atoms with Crippen molar-refractivity contribution < 1.29 is 37.4 Å². The average Bonchev–Trinajstić information content (AvgIpc) is 1.88. The molecule has 1 aromatic rings. The summed E-state index contributed by atoms with van der Waals surface area (Å²) in [4.78, 5) is 10.2. The first kappa shape index (κ1) is 10.2. The summed E-state index contributed by atoms with van der Waals surface area (Å²) in [6, 6.07) is 5.20. The van der Waals surface area contributed by atoms with Gasteiger partial charge in [0.15, 0.2) is 0 Å². The molecule has 0 fully saturated rings. The van der Waals surface area contributed by atoms with E-state index in [2.05, 4.69) is 0 Å². The second-order valence-corrected chi connectivity index (χ2v) is 1.83. The molecule has 0 saturated heterocycles. The fourth-order valence-electron chi connectivity index (χ4n) is 0.629. The molecule has 0 unspecified atom stereocenters. The van der Waals surface area contributed by atoms with Gasteiger partial charge in [0, 0.05) is 0 Å². The minimum Gasteiger partial charge on any atom is -0.872 e. The number of benzene rings is 1. The molecule has 0 bridgehead atoms. The maximum atomic E-state index is 10.5. The third kappa shape index (κ3) is 2.76. The first-order valence-corrected chi connectivity index (χ1v) is 2.70. The van der Waals surface area contributed by atoms with Crippen LogP contribution in [0.25, 0.3) is 0 Å². The molecule has 0 saturated carbocycles. The van der Waals surface area contributed by atoms with Crippen LogP contribution in [0, 0.1) is 0 Å². The zero-order chi connectivity index (χ0) is 7.56. The van der Waals surface area contributed by atoms with Gasteiger partial charge in [0.05, 0.1) is 5.56 Å². The molecule has 1 aromatic carbocycles. The fraction of sp³-hybridized carbons (Fsp3) is 0. The Kier molecular flexibility index (Phi) is 3.89. The Balaban J connectivity index is 0.000001000. The van der Waals surface area contributed by atoms with Gasteiger partial charge >= 0.3 is 28.3 Å².